The zero-order valence-electron chi connectivity index (χ0n) is 12.6. The van der Waals surface area contributed by atoms with Crippen molar-refractivity contribution >= 4 is 15.9 Å². The molecule has 1 aromatic rings. The fourth-order valence-corrected chi connectivity index (χ4v) is 3.60. The Morgan fingerprint density at radius 1 is 1.09 bits per heavy atom. The highest BCUT2D eigenvalue weighted by Crippen LogP contribution is 2.11. The fourth-order valence-electron chi connectivity index (χ4n) is 2.58. The van der Waals surface area contributed by atoms with Gasteiger partial charge in [0, 0.05) is 18.7 Å². The minimum absolute atomic E-state index is 0.147. The van der Waals surface area contributed by atoms with E-state index in [1.54, 1.807) is 0 Å². The number of amides is 1. The van der Waals surface area contributed by atoms with Crippen LogP contribution in [0.5, 0.6) is 0 Å². The number of nitrogens with one attached hydrogen (secondary N) is 1. The van der Waals surface area contributed by atoms with E-state index < -0.39 is 15.9 Å². The molecule has 1 saturated heterocycles. The zero-order chi connectivity index (χ0) is 16.0. The first kappa shape index (κ1) is 16.9. The molecule has 1 fully saturated rings. The topological polar surface area (TPSA) is 92.5 Å². The van der Waals surface area contributed by atoms with Crippen LogP contribution < -0.4 is 10.5 Å². The molecule has 2 rings (SSSR count). The Morgan fingerprint density at radius 2 is 1.68 bits per heavy atom. The van der Waals surface area contributed by atoms with Crippen LogP contribution in [0, 0.1) is 0 Å². The van der Waals surface area contributed by atoms with Gasteiger partial charge in [0.1, 0.15) is 0 Å². The predicted octanol–water partition coefficient (Wildman–Crippen LogP) is 0.940. The smallest absolute Gasteiger partial charge is 0.248 e. The third-order valence-corrected chi connectivity index (χ3v) is 5.34. The highest BCUT2D eigenvalue weighted by molar-refractivity contribution is 7.89. The van der Waals surface area contributed by atoms with E-state index in [0.29, 0.717) is 12.1 Å². The van der Waals surface area contributed by atoms with Gasteiger partial charge in [-0.15, -0.1) is 0 Å². The lowest BCUT2D eigenvalue weighted by Crippen LogP contribution is -2.35. The average molecular weight is 325 g/mol. The number of carbonyl (C=O) groups is 1. The number of carbonyl (C=O) groups excluding carboxylic acids is 1. The van der Waals surface area contributed by atoms with Crippen molar-refractivity contribution < 1.29 is 13.2 Å². The third-order valence-electron chi connectivity index (χ3n) is 3.87. The highest BCUT2D eigenvalue weighted by atomic mass is 32.2. The van der Waals surface area contributed by atoms with Gasteiger partial charge in [0.2, 0.25) is 15.9 Å². The van der Waals surface area contributed by atoms with Crippen molar-refractivity contribution in [3.8, 4) is 0 Å². The van der Waals surface area contributed by atoms with Crippen LogP contribution in [0.1, 0.15) is 36.0 Å². The van der Waals surface area contributed by atoms with Gasteiger partial charge in [0.25, 0.3) is 0 Å². The molecule has 22 heavy (non-hydrogen) atoms. The van der Waals surface area contributed by atoms with Crippen molar-refractivity contribution in [2.24, 2.45) is 5.73 Å². The van der Waals surface area contributed by atoms with Crippen LogP contribution in [0.2, 0.25) is 0 Å². The summed E-state index contributed by atoms with van der Waals surface area (Å²) in [7, 11) is -3.54. The third kappa shape index (κ3) is 4.79. The molecule has 0 aliphatic carbocycles. The van der Waals surface area contributed by atoms with Gasteiger partial charge in [-0.05, 0) is 50.2 Å². The van der Waals surface area contributed by atoms with E-state index in [4.69, 9.17) is 5.73 Å². The molecule has 0 spiro atoms. The molecule has 7 heteroatoms. The minimum Gasteiger partial charge on any atom is -0.366 e. The summed E-state index contributed by atoms with van der Waals surface area (Å²) in [4.78, 5) is 13.4. The molecule has 3 N–H and O–H groups in total. The summed E-state index contributed by atoms with van der Waals surface area (Å²) in [6.07, 6.45) is 4.88. The van der Waals surface area contributed by atoms with Crippen molar-refractivity contribution in [1.29, 1.82) is 0 Å². The maximum absolute atomic E-state index is 12.2. The monoisotopic (exact) mass is 325 g/mol. The van der Waals surface area contributed by atoms with Crippen LogP contribution in [0.25, 0.3) is 0 Å². The van der Waals surface area contributed by atoms with Crippen molar-refractivity contribution in [2.45, 2.75) is 30.6 Å². The van der Waals surface area contributed by atoms with Crippen LogP contribution in [0.4, 0.5) is 0 Å². The predicted molar refractivity (Wildman–Crippen MR) is 85.1 cm³/mol. The van der Waals surface area contributed by atoms with E-state index in [1.165, 1.54) is 49.9 Å². The van der Waals surface area contributed by atoms with Crippen molar-refractivity contribution in [1.82, 2.24) is 9.62 Å². The van der Waals surface area contributed by atoms with Crippen LogP contribution in [0.15, 0.2) is 29.2 Å². The molecule has 0 unspecified atom stereocenters. The Kier molecular flexibility index (Phi) is 5.93. The molecule has 0 radical (unpaired) electrons. The Balaban J connectivity index is 1.88. The first-order valence-electron chi connectivity index (χ1n) is 7.61. The molecule has 0 saturated carbocycles. The Bertz CT molecular complexity index is 591. The fraction of sp³-hybridized carbons (Fsp3) is 0.533. The van der Waals surface area contributed by atoms with Gasteiger partial charge in [-0.1, -0.05) is 12.8 Å². The molecule has 1 heterocycles. The van der Waals surface area contributed by atoms with Crippen molar-refractivity contribution in [3.63, 3.8) is 0 Å². The lowest BCUT2D eigenvalue weighted by Gasteiger charge is -2.19. The van der Waals surface area contributed by atoms with Crippen LogP contribution in [-0.4, -0.2) is 45.4 Å². The molecule has 0 aromatic heterocycles. The van der Waals surface area contributed by atoms with E-state index in [0.717, 1.165) is 19.6 Å². The number of hydrogen-bond acceptors (Lipinski definition) is 4. The molecule has 1 aliphatic rings. The molecule has 6 nitrogen and oxygen atoms in total. The molecule has 1 amide bonds. The summed E-state index contributed by atoms with van der Waals surface area (Å²) in [5, 5.41) is 0. The summed E-state index contributed by atoms with van der Waals surface area (Å²) in [6.45, 7) is 3.18. The molecule has 122 valence electrons. The zero-order valence-corrected chi connectivity index (χ0v) is 13.4. The van der Waals surface area contributed by atoms with Crippen LogP contribution >= 0.6 is 0 Å². The van der Waals surface area contributed by atoms with E-state index in [-0.39, 0.29) is 4.90 Å². The first-order chi connectivity index (χ1) is 10.5. The Labute approximate surface area is 131 Å². The normalized spacial score (nSPS) is 17.1. The highest BCUT2D eigenvalue weighted by Gasteiger charge is 2.15. The summed E-state index contributed by atoms with van der Waals surface area (Å²) >= 11 is 0. The molecular formula is C15H23N3O3S. The number of sulfonamides is 1. The van der Waals surface area contributed by atoms with E-state index >= 15 is 0 Å². The van der Waals surface area contributed by atoms with Crippen molar-refractivity contribution in [3.05, 3.63) is 29.8 Å². The van der Waals surface area contributed by atoms with Gasteiger partial charge in [0.15, 0.2) is 0 Å². The largest absolute Gasteiger partial charge is 0.366 e. The summed E-state index contributed by atoms with van der Waals surface area (Å²) in [6, 6.07) is 5.64. The van der Waals surface area contributed by atoms with Gasteiger partial charge in [0.05, 0.1) is 4.90 Å². The van der Waals surface area contributed by atoms with E-state index in [9.17, 15) is 13.2 Å². The minimum atomic E-state index is -3.54. The summed E-state index contributed by atoms with van der Waals surface area (Å²) < 4.78 is 27.0. The van der Waals surface area contributed by atoms with E-state index in [2.05, 4.69) is 9.62 Å². The number of hydrogen-bond donors (Lipinski definition) is 2. The molecule has 1 aliphatic heterocycles. The summed E-state index contributed by atoms with van der Waals surface area (Å²) in [5.41, 5.74) is 5.43. The lowest BCUT2D eigenvalue weighted by molar-refractivity contribution is 0.1000. The second-order valence-corrected chi connectivity index (χ2v) is 7.31. The number of benzene rings is 1. The van der Waals surface area contributed by atoms with E-state index in [1.807, 2.05) is 0 Å². The second-order valence-electron chi connectivity index (χ2n) is 5.54. The van der Waals surface area contributed by atoms with Crippen molar-refractivity contribution in [2.75, 3.05) is 26.2 Å². The quantitative estimate of drug-likeness (QED) is 0.814. The molecule has 1 aromatic carbocycles. The Morgan fingerprint density at radius 3 is 2.23 bits per heavy atom. The number of nitrogens with two attached hydrogens (primary N) is 1. The molecule has 0 bridgehead atoms. The summed E-state index contributed by atoms with van der Waals surface area (Å²) in [5.74, 6) is -0.571. The van der Waals surface area contributed by atoms with Crippen LogP contribution in [0.3, 0.4) is 0 Å². The Hall–Kier alpha value is -1.44. The lowest BCUT2D eigenvalue weighted by atomic mass is 10.2. The van der Waals surface area contributed by atoms with Gasteiger partial charge in [-0.2, -0.15) is 0 Å². The number of primary amides is 1. The van der Waals surface area contributed by atoms with Crippen LogP contribution in [-0.2, 0) is 10.0 Å². The van der Waals surface area contributed by atoms with Gasteiger partial charge in [-0.25, -0.2) is 13.1 Å². The maximum atomic E-state index is 12.2. The molecular weight excluding hydrogens is 302 g/mol. The van der Waals surface area contributed by atoms with Gasteiger partial charge < -0.3 is 10.6 Å². The standard InChI is InChI=1S/C15H23N3O3S/c16-15(19)13-5-7-14(8-6-13)22(20,21)17-9-12-18-10-3-1-2-4-11-18/h5-8,17H,1-4,9-12H2,(H2,16,19). The SMILES string of the molecule is NC(=O)c1ccc(S(=O)(=O)NCCN2CCCCCC2)cc1. The first-order valence-corrected chi connectivity index (χ1v) is 9.09. The number of rotatable bonds is 6. The number of likely N-dealkylation sites (tertiary alicyclic amines) is 1. The van der Waals surface area contributed by atoms with Gasteiger partial charge in [-0.3, -0.25) is 4.79 Å². The molecule has 0 atom stereocenters. The van der Waals surface area contributed by atoms with Gasteiger partial charge >= 0.3 is 0 Å². The second kappa shape index (κ2) is 7.71. The maximum Gasteiger partial charge on any atom is 0.248 e. The average Bonchev–Trinajstić information content (AvgIpc) is 2.76. The number of nitrogens with zero attached hydrogens (tertiary/aromatic N) is 1.